The molecule has 1 aliphatic rings. The third-order valence-electron chi connectivity index (χ3n) is 4.29. The number of carbonyl (C=O) groups is 1. The van der Waals surface area contributed by atoms with Gasteiger partial charge in [-0.3, -0.25) is 9.48 Å². The summed E-state index contributed by atoms with van der Waals surface area (Å²) in [5.74, 6) is -0.505. The molecule has 7 heteroatoms. The van der Waals surface area contributed by atoms with Crippen molar-refractivity contribution in [3.8, 4) is 17.0 Å². The van der Waals surface area contributed by atoms with Gasteiger partial charge in [-0.25, -0.2) is 0 Å². The normalized spacial score (nSPS) is 15.0. The van der Waals surface area contributed by atoms with Crippen molar-refractivity contribution in [2.75, 3.05) is 19.6 Å². The summed E-state index contributed by atoms with van der Waals surface area (Å²) >= 11 is 0. The van der Waals surface area contributed by atoms with E-state index in [1.54, 1.807) is 22.9 Å². The third-order valence-corrected chi connectivity index (χ3v) is 4.29. The zero-order valence-electron chi connectivity index (χ0n) is 13.5. The van der Waals surface area contributed by atoms with Gasteiger partial charge in [0.1, 0.15) is 0 Å². The molecule has 0 atom stereocenters. The second-order valence-corrected chi connectivity index (χ2v) is 5.98. The number of aromatic hydroxyl groups is 1. The standard InChI is InChI=1S/C17H22N4O2.ClH/c18-16(22)14-6-4-5-13(11-14)15-12-21(19-17(15)23)10-9-20-7-2-1-3-8-20;/h4-6,11-12H,1-3,7-10H2,(H2,18,22)(H,19,23);1H. The minimum atomic E-state index is -0.483. The van der Waals surface area contributed by atoms with Crippen LogP contribution in [0, 0.1) is 0 Å². The second-order valence-electron chi connectivity index (χ2n) is 5.98. The smallest absolute Gasteiger partial charge is 0.248 e. The summed E-state index contributed by atoms with van der Waals surface area (Å²) in [5.41, 5.74) is 7.08. The number of rotatable bonds is 5. The van der Waals surface area contributed by atoms with Gasteiger partial charge in [0, 0.05) is 18.3 Å². The number of aromatic nitrogens is 2. The van der Waals surface area contributed by atoms with E-state index in [2.05, 4.69) is 10.00 Å². The van der Waals surface area contributed by atoms with Crippen LogP contribution in [0.5, 0.6) is 5.88 Å². The fraction of sp³-hybridized carbons (Fsp3) is 0.412. The molecule has 1 aromatic carbocycles. The monoisotopic (exact) mass is 350 g/mol. The quantitative estimate of drug-likeness (QED) is 0.866. The Bertz CT molecular complexity index is 696. The van der Waals surface area contributed by atoms with E-state index in [-0.39, 0.29) is 18.3 Å². The molecule has 1 aliphatic heterocycles. The van der Waals surface area contributed by atoms with Crippen LogP contribution in [0.3, 0.4) is 0 Å². The summed E-state index contributed by atoms with van der Waals surface area (Å²) in [6, 6.07) is 6.91. The van der Waals surface area contributed by atoms with Crippen molar-refractivity contribution in [3.05, 3.63) is 36.0 Å². The molecule has 1 saturated heterocycles. The maximum Gasteiger partial charge on any atom is 0.248 e. The Labute approximate surface area is 147 Å². The Hall–Kier alpha value is -2.05. The van der Waals surface area contributed by atoms with Gasteiger partial charge in [-0.15, -0.1) is 17.5 Å². The van der Waals surface area contributed by atoms with Crippen molar-refractivity contribution in [1.82, 2.24) is 14.7 Å². The number of halogens is 1. The molecule has 6 nitrogen and oxygen atoms in total. The van der Waals surface area contributed by atoms with Gasteiger partial charge in [0.2, 0.25) is 11.8 Å². The molecule has 1 aromatic heterocycles. The summed E-state index contributed by atoms with van der Waals surface area (Å²) in [5, 5.41) is 14.3. The zero-order chi connectivity index (χ0) is 16.2. The number of nitrogens with zero attached hydrogens (tertiary/aromatic N) is 3. The topological polar surface area (TPSA) is 84.4 Å². The molecular weight excluding hydrogens is 328 g/mol. The molecule has 0 saturated carbocycles. The van der Waals surface area contributed by atoms with E-state index in [1.165, 1.54) is 19.3 Å². The number of amides is 1. The van der Waals surface area contributed by atoms with Crippen LogP contribution in [0.4, 0.5) is 0 Å². The van der Waals surface area contributed by atoms with E-state index < -0.39 is 5.91 Å². The molecule has 2 aromatic rings. The first-order valence-electron chi connectivity index (χ1n) is 8.02. The van der Waals surface area contributed by atoms with Crippen molar-refractivity contribution >= 4 is 18.3 Å². The summed E-state index contributed by atoms with van der Waals surface area (Å²) in [7, 11) is 0. The minimum Gasteiger partial charge on any atom is -0.492 e. The highest BCUT2D eigenvalue weighted by molar-refractivity contribution is 5.94. The summed E-state index contributed by atoms with van der Waals surface area (Å²) in [4.78, 5) is 13.7. The van der Waals surface area contributed by atoms with Crippen molar-refractivity contribution in [1.29, 1.82) is 0 Å². The van der Waals surface area contributed by atoms with Gasteiger partial charge >= 0.3 is 0 Å². The zero-order valence-corrected chi connectivity index (χ0v) is 14.3. The Morgan fingerprint density at radius 1 is 1.21 bits per heavy atom. The van der Waals surface area contributed by atoms with E-state index in [1.807, 2.05) is 12.3 Å². The molecule has 1 amide bonds. The number of carbonyl (C=O) groups excluding carboxylic acids is 1. The van der Waals surface area contributed by atoms with E-state index in [9.17, 15) is 9.90 Å². The number of nitrogens with two attached hydrogens (primary N) is 1. The van der Waals surface area contributed by atoms with E-state index >= 15 is 0 Å². The number of primary amides is 1. The van der Waals surface area contributed by atoms with Crippen LogP contribution in [-0.2, 0) is 6.54 Å². The maximum atomic E-state index is 11.3. The SMILES string of the molecule is Cl.NC(=O)c1cccc(-c2cn(CCN3CCCCC3)nc2O)c1. The van der Waals surface area contributed by atoms with Crippen LogP contribution in [-0.4, -0.2) is 45.3 Å². The molecule has 2 heterocycles. The lowest BCUT2D eigenvalue weighted by Crippen LogP contribution is -2.32. The predicted molar refractivity (Wildman–Crippen MR) is 95.4 cm³/mol. The fourth-order valence-electron chi connectivity index (χ4n) is 3.00. The van der Waals surface area contributed by atoms with Crippen molar-refractivity contribution < 1.29 is 9.90 Å². The Balaban J connectivity index is 0.00000208. The number of benzene rings is 1. The lowest BCUT2D eigenvalue weighted by Gasteiger charge is -2.26. The van der Waals surface area contributed by atoms with Crippen LogP contribution in [0.15, 0.2) is 30.5 Å². The largest absolute Gasteiger partial charge is 0.492 e. The van der Waals surface area contributed by atoms with E-state index in [4.69, 9.17) is 5.73 Å². The van der Waals surface area contributed by atoms with Gasteiger partial charge in [0.25, 0.3) is 0 Å². The minimum absolute atomic E-state index is 0. The molecule has 24 heavy (non-hydrogen) atoms. The average molecular weight is 351 g/mol. The number of hydrogen-bond donors (Lipinski definition) is 2. The Morgan fingerprint density at radius 3 is 2.67 bits per heavy atom. The van der Waals surface area contributed by atoms with Gasteiger partial charge < -0.3 is 15.7 Å². The second kappa shape index (κ2) is 8.17. The van der Waals surface area contributed by atoms with Crippen LogP contribution < -0.4 is 5.73 Å². The van der Waals surface area contributed by atoms with Gasteiger partial charge in [0.15, 0.2) is 0 Å². The summed E-state index contributed by atoms with van der Waals surface area (Å²) in [6.45, 7) is 3.95. The first-order chi connectivity index (χ1) is 11.1. The molecule has 3 rings (SSSR count). The maximum absolute atomic E-state index is 11.3. The van der Waals surface area contributed by atoms with Crippen LogP contribution in [0.1, 0.15) is 29.6 Å². The Kier molecular flexibility index (Phi) is 6.23. The first kappa shape index (κ1) is 18.3. The number of piperidine rings is 1. The van der Waals surface area contributed by atoms with Gasteiger partial charge in [-0.2, -0.15) is 0 Å². The van der Waals surface area contributed by atoms with Crippen molar-refractivity contribution in [2.45, 2.75) is 25.8 Å². The molecule has 0 spiro atoms. The summed E-state index contributed by atoms with van der Waals surface area (Å²) < 4.78 is 1.76. The van der Waals surface area contributed by atoms with E-state index in [0.29, 0.717) is 11.1 Å². The molecule has 0 bridgehead atoms. The lowest BCUT2D eigenvalue weighted by atomic mass is 10.1. The fourth-order valence-corrected chi connectivity index (χ4v) is 3.00. The highest BCUT2D eigenvalue weighted by Gasteiger charge is 2.13. The van der Waals surface area contributed by atoms with Gasteiger partial charge in [0.05, 0.1) is 12.1 Å². The first-order valence-corrected chi connectivity index (χ1v) is 8.02. The number of likely N-dealkylation sites (tertiary alicyclic amines) is 1. The van der Waals surface area contributed by atoms with Crippen molar-refractivity contribution in [3.63, 3.8) is 0 Å². The van der Waals surface area contributed by atoms with E-state index in [0.717, 1.165) is 31.7 Å². The van der Waals surface area contributed by atoms with Crippen molar-refractivity contribution in [2.24, 2.45) is 5.73 Å². The highest BCUT2D eigenvalue weighted by Crippen LogP contribution is 2.28. The third kappa shape index (κ3) is 4.27. The number of hydrogen-bond acceptors (Lipinski definition) is 4. The molecule has 1 fully saturated rings. The van der Waals surface area contributed by atoms with Crippen LogP contribution in [0.25, 0.3) is 11.1 Å². The molecular formula is C17H23ClN4O2. The predicted octanol–water partition coefficient (Wildman–Crippen LogP) is 2.26. The summed E-state index contributed by atoms with van der Waals surface area (Å²) in [6.07, 6.45) is 5.66. The molecule has 0 unspecified atom stereocenters. The highest BCUT2D eigenvalue weighted by atomic mass is 35.5. The molecule has 0 aliphatic carbocycles. The molecule has 0 radical (unpaired) electrons. The Morgan fingerprint density at radius 2 is 1.96 bits per heavy atom. The van der Waals surface area contributed by atoms with Crippen LogP contribution in [0.2, 0.25) is 0 Å². The average Bonchev–Trinajstić information content (AvgIpc) is 2.95. The van der Waals surface area contributed by atoms with Crippen LogP contribution >= 0.6 is 12.4 Å². The molecule has 130 valence electrons. The van der Waals surface area contributed by atoms with Gasteiger partial charge in [-0.05, 0) is 43.6 Å². The van der Waals surface area contributed by atoms with Gasteiger partial charge in [-0.1, -0.05) is 18.6 Å². The lowest BCUT2D eigenvalue weighted by molar-refractivity contribution is 0.100. The molecule has 3 N–H and O–H groups in total.